The van der Waals surface area contributed by atoms with E-state index >= 15 is 0 Å². The predicted molar refractivity (Wildman–Crippen MR) is 61.7 cm³/mol. The number of halogens is 1. The van der Waals surface area contributed by atoms with E-state index in [1.165, 1.54) is 12.8 Å². The van der Waals surface area contributed by atoms with Crippen molar-refractivity contribution in [3.63, 3.8) is 0 Å². The van der Waals surface area contributed by atoms with Gasteiger partial charge in [-0.15, -0.1) is 5.54 Å². The summed E-state index contributed by atoms with van der Waals surface area (Å²) in [4.78, 5) is 0. The zero-order valence-corrected chi connectivity index (χ0v) is 10.6. The second kappa shape index (κ2) is 3.49. The highest BCUT2D eigenvalue weighted by molar-refractivity contribution is 14.1. The Morgan fingerprint density at radius 2 is 1.91 bits per heavy atom. The molecule has 0 aliphatic heterocycles. The van der Waals surface area contributed by atoms with Gasteiger partial charge in [-0.1, -0.05) is 48.2 Å². The van der Waals surface area contributed by atoms with Gasteiger partial charge >= 0.3 is 0 Å². The summed E-state index contributed by atoms with van der Waals surface area (Å²) >= 11 is 2.48. The third-order valence-electron chi connectivity index (χ3n) is 1.62. The molecule has 1 fully saturated rings. The van der Waals surface area contributed by atoms with E-state index in [0.29, 0.717) is 3.92 Å². The molecule has 0 nitrogen and oxygen atoms in total. The van der Waals surface area contributed by atoms with E-state index in [9.17, 15) is 0 Å². The maximum Gasteiger partial charge on any atom is 0.129 e. The Morgan fingerprint density at radius 3 is 2.27 bits per heavy atom. The highest BCUT2D eigenvalue weighted by atomic mass is 127. The van der Waals surface area contributed by atoms with Crippen LogP contribution in [0, 0.1) is 17.4 Å². The zero-order chi connectivity index (χ0) is 8.48. The lowest BCUT2D eigenvalue weighted by Gasteiger charge is -2.04. The topological polar surface area (TPSA) is 0 Å². The number of hydrogen-bond acceptors (Lipinski definition) is 0. The minimum atomic E-state index is -1.10. The summed E-state index contributed by atoms with van der Waals surface area (Å²) < 4.78 is 0.638. The van der Waals surface area contributed by atoms with Gasteiger partial charge in [-0.25, -0.2) is 0 Å². The average molecular weight is 278 g/mol. The van der Waals surface area contributed by atoms with Crippen molar-refractivity contribution in [2.75, 3.05) is 0 Å². The van der Waals surface area contributed by atoms with Gasteiger partial charge in [0, 0.05) is 0 Å². The molecule has 0 saturated heterocycles. The fraction of sp³-hybridized carbons (Fsp3) is 0.778. The van der Waals surface area contributed by atoms with Crippen LogP contribution in [-0.4, -0.2) is 12.0 Å². The van der Waals surface area contributed by atoms with E-state index in [0.717, 1.165) is 5.92 Å². The fourth-order valence-corrected chi connectivity index (χ4v) is 2.55. The first kappa shape index (κ1) is 9.59. The van der Waals surface area contributed by atoms with Crippen LogP contribution in [0.15, 0.2) is 0 Å². The quantitative estimate of drug-likeness (QED) is 0.299. The molecule has 1 saturated carbocycles. The van der Waals surface area contributed by atoms with Crippen LogP contribution < -0.4 is 0 Å². The second-order valence-electron chi connectivity index (χ2n) is 4.26. The summed E-state index contributed by atoms with van der Waals surface area (Å²) in [6.07, 6.45) is 2.82. The minimum Gasteiger partial charge on any atom is -0.131 e. The van der Waals surface area contributed by atoms with E-state index in [-0.39, 0.29) is 0 Å². The van der Waals surface area contributed by atoms with Crippen molar-refractivity contribution < 1.29 is 0 Å². The van der Waals surface area contributed by atoms with E-state index in [1.54, 1.807) is 0 Å². The smallest absolute Gasteiger partial charge is 0.129 e. The van der Waals surface area contributed by atoms with Crippen molar-refractivity contribution in [3.05, 3.63) is 0 Å². The fourth-order valence-electron chi connectivity index (χ4n) is 0.792. The lowest BCUT2D eigenvalue weighted by Crippen LogP contribution is -2.17. The van der Waals surface area contributed by atoms with Crippen LogP contribution in [0.4, 0.5) is 0 Å². The van der Waals surface area contributed by atoms with E-state index in [1.807, 2.05) is 0 Å². The first-order valence-corrected chi connectivity index (χ1v) is 8.90. The first-order chi connectivity index (χ1) is 4.99. The van der Waals surface area contributed by atoms with Crippen LogP contribution in [0.25, 0.3) is 0 Å². The summed E-state index contributed by atoms with van der Waals surface area (Å²) in [5, 5.41) is 0. The molecular formula is C9H15ISi. The molecule has 1 unspecified atom stereocenters. The zero-order valence-electron chi connectivity index (χ0n) is 7.45. The van der Waals surface area contributed by atoms with Crippen molar-refractivity contribution in [2.45, 2.75) is 36.4 Å². The summed E-state index contributed by atoms with van der Waals surface area (Å²) in [5.74, 6) is 4.31. The Hall–Kier alpha value is 0.507. The summed E-state index contributed by atoms with van der Waals surface area (Å²) in [7, 11) is -1.10. The lowest BCUT2D eigenvalue weighted by atomic mass is 10.3. The van der Waals surface area contributed by atoms with Crippen molar-refractivity contribution >= 4 is 30.7 Å². The molecule has 1 atom stereocenters. The largest absolute Gasteiger partial charge is 0.131 e. The summed E-state index contributed by atoms with van der Waals surface area (Å²) in [5.41, 5.74) is 3.42. The van der Waals surface area contributed by atoms with Gasteiger partial charge in [-0.2, -0.15) is 0 Å². The van der Waals surface area contributed by atoms with Gasteiger partial charge < -0.3 is 0 Å². The molecule has 62 valence electrons. The molecule has 1 rings (SSSR count). The van der Waals surface area contributed by atoms with Crippen molar-refractivity contribution in [1.29, 1.82) is 0 Å². The van der Waals surface area contributed by atoms with Crippen LogP contribution in [-0.2, 0) is 0 Å². The number of hydrogen-bond donors (Lipinski definition) is 0. The molecule has 2 heteroatoms. The van der Waals surface area contributed by atoms with Gasteiger partial charge in [0.2, 0.25) is 0 Å². The Morgan fingerprint density at radius 1 is 1.36 bits per heavy atom. The van der Waals surface area contributed by atoms with Crippen molar-refractivity contribution in [2.24, 2.45) is 5.92 Å². The highest BCUT2D eigenvalue weighted by Crippen LogP contribution is 2.36. The van der Waals surface area contributed by atoms with Gasteiger partial charge in [-0.3, -0.25) is 0 Å². The molecule has 0 aromatic rings. The highest BCUT2D eigenvalue weighted by Gasteiger charge is 2.27. The normalized spacial score (nSPS) is 20.4. The van der Waals surface area contributed by atoms with Crippen LogP contribution in [0.2, 0.25) is 19.6 Å². The first-order valence-electron chi connectivity index (χ1n) is 4.16. The van der Waals surface area contributed by atoms with Crippen LogP contribution in [0.1, 0.15) is 12.8 Å². The standard InChI is InChI=1S/C9H15ISi/c1-11(2,3)7-6-9(10)8-4-5-8/h8-9H,4-5H2,1-3H3. The Balaban J connectivity index is 2.41. The minimum absolute atomic E-state index is 0.638. The monoisotopic (exact) mass is 278 g/mol. The summed E-state index contributed by atoms with van der Waals surface area (Å²) in [6, 6.07) is 0. The number of alkyl halides is 1. The van der Waals surface area contributed by atoms with E-state index in [4.69, 9.17) is 0 Å². The lowest BCUT2D eigenvalue weighted by molar-refractivity contribution is 0.929. The Kier molecular flexibility index (Phi) is 3.04. The molecule has 1 aliphatic rings. The van der Waals surface area contributed by atoms with Gasteiger partial charge in [-0.05, 0) is 18.8 Å². The van der Waals surface area contributed by atoms with Crippen molar-refractivity contribution in [3.8, 4) is 11.5 Å². The van der Waals surface area contributed by atoms with Crippen LogP contribution >= 0.6 is 22.6 Å². The molecule has 0 heterocycles. The van der Waals surface area contributed by atoms with E-state index in [2.05, 4.69) is 53.7 Å². The maximum atomic E-state index is 3.42. The molecule has 0 aromatic carbocycles. The molecule has 11 heavy (non-hydrogen) atoms. The SMILES string of the molecule is C[Si](C)(C)C#CC(I)C1CC1. The third-order valence-corrected chi connectivity index (χ3v) is 3.84. The summed E-state index contributed by atoms with van der Waals surface area (Å²) in [6.45, 7) is 6.91. The predicted octanol–water partition coefficient (Wildman–Crippen LogP) is 3.08. The van der Waals surface area contributed by atoms with Crippen molar-refractivity contribution in [1.82, 2.24) is 0 Å². The van der Waals surface area contributed by atoms with Crippen LogP contribution in [0.3, 0.4) is 0 Å². The van der Waals surface area contributed by atoms with E-state index < -0.39 is 8.07 Å². The molecule has 0 amide bonds. The second-order valence-corrected chi connectivity index (χ2v) is 10.4. The molecule has 0 radical (unpaired) electrons. The molecule has 1 aliphatic carbocycles. The Labute approximate surface area is 84.3 Å². The average Bonchev–Trinajstić information content (AvgIpc) is 2.61. The van der Waals surface area contributed by atoms with Gasteiger partial charge in [0.1, 0.15) is 8.07 Å². The molecule has 0 N–H and O–H groups in total. The van der Waals surface area contributed by atoms with Gasteiger partial charge in [0.25, 0.3) is 0 Å². The maximum absolute atomic E-state index is 3.42. The molecule has 0 bridgehead atoms. The van der Waals surface area contributed by atoms with Crippen LogP contribution in [0.5, 0.6) is 0 Å². The Bertz CT molecular complexity index is 190. The molecule has 0 spiro atoms. The van der Waals surface area contributed by atoms with Gasteiger partial charge in [0.05, 0.1) is 3.92 Å². The van der Waals surface area contributed by atoms with Gasteiger partial charge in [0.15, 0.2) is 0 Å². The molecular weight excluding hydrogens is 263 g/mol. The molecule has 0 aromatic heterocycles. The third kappa shape index (κ3) is 4.17. The number of rotatable bonds is 1.